The molecule has 3 heterocycles. The van der Waals surface area contributed by atoms with Crippen molar-refractivity contribution in [2.45, 2.75) is 18.9 Å². The van der Waals surface area contributed by atoms with Crippen LogP contribution >= 0.6 is 11.5 Å². The minimum Gasteiger partial charge on any atom is -0.317 e. The molecule has 8 nitrogen and oxygen atoms in total. The van der Waals surface area contributed by atoms with Crippen molar-refractivity contribution in [2.75, 3.05) is 18.4 Å². The number of hydrogen-bond acceptors (Lipinski definition) is 7. The Hall–Kier alpha value is -1.87. The van der Waals surface area contributed by atoms with Crippen LogP contribution in [0.5, 0.6) is 0 Å². The summed E-state index contributed by atoms with van der Waals surface area (Å²) in [5.41, 5.74) is 0.312. The molecule has 0 aromatic carbocycles. The fourth-order valence-electron chi connectivity index (χ4n) is 2.03. The number of nitrogens with zero attached hydrogens (tertiary/aromatic N) is 5. The van der Waals surface area contributed by atoms with Crippen LogP contribution in [0.25, 0.3) is 0 Å². The van der Waals surface area contributed by atoms with Gasteiger partial charge in [-0.1, -0.05) is 9.70 Å². The second-order valence-corrected chi connectivity index (χ2v) is 5.09. The molecule has 3 rings (SSSR count). The molecule has 2 N–H and O–H groups in total. The van der Waals surface area contributed by atoms with Crippen molar-refractivity contribution in [3.63, 3.8) is 0 Å². The first kappa shape index (κ1) is 12.2. The Balaban J connectivity index is 1.68. The zero-order valence-electron chi connectivity index (χ0n) is 10.1. The summed E-state index contributed by atoms with van der Waals surface area (Å²) in [6.45, 7) is 1.94. The Kier molecular flexibility index (Phi) is 3.47. The average molecular weight is 279 g/mol. The fraction of sp³-hybridized carbons (Fsp3) is 0.500. The van der Waals surface area contributed by atoms with E-state index in [-0.39, 0.29) is 5.91 Å². The van der Waals surface area contributed by atoms with Crippen molar-refractivity contribution >= 4 is 22.4 Å². The summed E-state index contributed by atoms with van der Waals surface area (Å²) in [5.74, 6) is -0.286. The van der Waals surface area contributed by atoms with E-state index in [4.69, 9.17) is 0 Å². The Morgan fingerprint density at radius 2 is 2.32 bits per heavy atom. The highest BCUT2D eigenvalue weighted by Gasteiger charge is 2.19. The highest BCUT2D eigenvalue weighted by atomic mass is 32.1. The number of piperidine rings is 1. The number of anilines is 1. The lowest BCUT2D eigenvalue weighted by Crippen LogP contribution is -2.29. The molecule has 19 heavy (non-hydrogen) atoms. The summed E-state index contributed by atoms with van der Waals surface area (Å²) >= 11 is 1.12. The SMILES string of the molecule is O=C(Nc1cnns1)c1cn(C2CCNCC2)nn1. The maximum Gasteiger partial charge on any atom is 0.278 e. The van der Waals surface area contributed by atoms with Gasteiger partial charge >= 0.3 is 0 Å². The predicted molar refractivity (Wildman–Crippen MR) is 69.0 cm³/mol. The van der Waals surface area contributed by atoms with E-state index in [2.05, 4.69) is 30.5 Å². The van der Waals surface area contributed by atoms with E-state index in [1.165, 1.54) is 6.20 Å². The maximum absolute atomic E-state index is 11.9. The van der Waals surface area contributed by atoms with E-state index in [1.54, 1.807) is 10.9 Å². The molecule has 9 heteroatoms. The van der Waals surface area contributed by atoms with Crippen molar-refractivity contribution in [1.29, 1.82) is 0 Å². The monoisotopic (exact) mass is 279 g/mol. The van der Waals surface area contributed by atoms with Gasteiger partial charge in [-0.05, 0) is 25.9 Å². The van der Waals surface area contributed by atoms with Gasteiger partial charge in [0, 0.05) is 11.5 Å². The highest BCUT2D eigenvalue weighted by Crippen LogP contribution is 2.17. The Morgan fingerprint density at radius 3 is 3.05 bits per heavy atom. The third-order valence-corrected chi connectivity index (χ3v) is 3.60. The van der Waals surface area contributed by atoms with Crippen LogP contribution in [0.2, 0.25) is 0 Å². The third kappa shape index (κ3) is 2.76. The normalized spacial score (nSPS) is 16.4. The van der Waals surface area contributed by atoms with Gasteiger partial charge in [-0.2, -0.15) is 0 Å². The number of amides is 1. The minimum absolute atomic E-state index is 0.286. The summed E-state index contributed by atoms with van der Waals surface area (Å²) < 4.78 is 5.45. The van der Waals surface area contributed by atoms with E-state index in [0.29, 0.717) is 16.7 Å². The van der Waals surface area contributed by atoms with Crippen LogP contribution in [0.4, 0.5) is 5.00 Å². The lowest BCUT2D eigenvalue weighted by Gasteiger charge is -2.21. The van der Waals surface area contributed by atoms with Crippen molar-refractivity contribution in [3.05, 3.63) is 18.1 Å². The molecule has 2 aromatic heterocycles. The van der Waals surface area contributed by atoms with Crippen molar-refractivity contribution in [2.24, 2.45) is 0 Å². The van der Waals surface area contributed by atoms with Gasteiger partial charge < -0.3 is 10.6 Å². The summed E-state index contributed by atoms with van der Waals surface area (Å²) in [7, 11) is 0. The van der Waals surface area contributed by atoms with Crippen molar-refractivity contribution in [1.82, 2.24) is 29.9 Å². The van der Waals surface area contributed by atoms with Crippen LogP contribution in [0.15, 0.2) is 12.4 Å². The van der Waals surface area contributed by atoms with Crippen LogP contribution in [-0.4, -0.2) is 43.6 Å². The van der Waals surface area contributed by atoms with Gasteiger partial charge in [0.1, 0.15) is 5.00 Å². The van der Waals surface area contributed by atoms with E-state index >= 15 is 0 Å². The largest absolute Gasteiger partial charge is 0.317 e. The smallest absolute Gasteiger partial charge is 0.278 e. The molecule has 0 atom stereocenters. The summed E-state index contributed by atoms with van der Waals surface area (Å²) in [6.07, 6.45) is 5.20. The molecule has 0 spiro atoms. The summed E-state index contributed by atoms with van der Waals surface area (Å²) in [6, 6.07) is 0.320. The molecule has 1 saturated heterocycles. The van der Waals surface area contributed by atoms with Gasteiger partial charge in [0.05, 0.1) is 18.4 Å². The second-order valence-electron chi connectivity index (χ2n) is 4.30. The van der Waals surface area contributed by atoms with Crippen LogP contribution < -0.4 is 10.6 Å². The van der Waals surface area contributed by atoms with Gasteiger partial charge in [-0.3, -0.25) is 4.79 Å². The summed E-state index contributed by atoms with van der Waals surface area (Å²) in [4.78, 5) is 11.9. The molecule has 1 aliphatic rings. The van der Waals surface area contributed by atoms with Crippen molar-refractivity contribution < 1.29 is 4.79 Å². The Bertz CT molecular complexity index is 546. The lowest BCUT2D eigenvalue weighted by atomic mass is 10.1. The number of aromatic nitrogens is 5. The van der Waals surface area contributed by atoms with Gasteiger partial charge in [0.25, 0.3) is 5.91 Å². The van der Waals surface area contributed by atoms with E-state index in [9.17, 15) is 4.79 Å². The molecular weight excluding hydrogens is 266 g/mol. The van der Waals surface area contributed by atoms with Crippen LogP contribution in [-0.2, 0) is 0 Å². The standard InChI is InChI=1S/C10H13N7OS/c18-10(13-9-5-12-16-19-9)8-6-17(15-14-8)7-1-3-11-4-2-7/h5-7,11H,1-4H2,(H,13,18). The third-order valence-electron chi connectivity index (χ3n) is 3.02. The molecule has 0 aliphatic carbocycles. The first-order valence-corrected chi connectivity index (χ1v) is 6.81. The zero-order valence-corrected chi connectivity index (χ0v) is 10.9. The molecule has 0 radical (unpaired) electrons. The predicted octanol–water partition coefficient (Wildman–Crippen LogP) is 0.306. The van der Waals surface area contributed by atoms with Crippen molar-refractivity contribution in [3.8, 4) is 0 Å². The number of rotatable bonds is 3. The average Bonchev–Trinajstić information content (AvgIpc) is 3.10. The van der Waals surface area contributed by atoms with E-state index < -0.39 is 0 Å². The van der Waals surface area contributed by atoms with Crippen LogP contribution in [0, 0.1) is 0 Å². The molecular formula is C10H13N7OS. The molecule has 100 valence electrons. The van der Waals surface area contributed by atoms with Crippen LogP contribution in [0.3, 0.4) is 0 Å². The quantitative estimate of drug-likeness (QED) is 0.839. The maximum atomic E-state index is 11.9. The molecule has 0 saturated carbocycles. The molecule has 0 bridgehead atoms. The number of carbonyl (C=O) groups excluding carboxylic acids is 1. The van der Waals surface area contributed by atoms with Gasteiger partial charge in [-0.15, -0.1) is 10.2 Å². The number of hydrogen-bond donors (Lipinski definition) is 2. The minimum atomic E-state index is -0.286. The zero-order chi connectivity index (χ0) is 13.1. The number of carbonyl (C=O) groups is 1. The molecule has 1 aliphatic heterocycles. The molecule has 2 aromatic rings. The van der Waals surface area contributed by atoms with Gasteiger partial charge in [0.2, 0.25) is 0 Å². The number of nitrogens with one attached hydrogen (secondary N) is 2. The van der Waals surface area contributed by atoms with E-state index in [1.807, 2.05) is 0 Å². The Labute approximate surface area is 113 Å². The molecule has 0 unspecified atom stereocenters. The van der Waals surface area contributed by atoms with Gasteiger partial charge in [0.15, 0.2) is 5.69 Å². The Morgan fingerprint density at radius 1 is 1.47 bits per heavy atom. The second kappa shape index (κ2) is 5.41. The fourth-order valence-corrected chi connectivity index (χ4v) is 2.44. The first-order valence-electron chi connectivity index (χ1n) is 6.04. The topological polar surface area (TPSA) is 97.6 Å². The molecule has 1 amide bonds. The van der Waals surface area contributed by atoms with Gasteiger partial charge in [-0.25, -0.2) is 4.68 Å². The van der Waals surface area contributed by atoms with E-state index in [0.717, 1.165) is 37.5 Å². The first-order chi connectivity index (χ1) is 9.33. The lowest BCUT2D eigenvalue weighted by molar-refractivity contribution is 0.102. The molecule has 1 fully saturated rings. The highest BCUT2D eigenvalue weighted by molar-refractivity contribution is 7.10. The van der Waals surface area contributed by atoms with Crippen LogP contribution in [0.1, 0.15) is 29.4 Å². The summed E-state index contributed by atoms with van der Waals surface area (Å²) in [5, 5.41) is 18.2.